The molecule has 0 saturated carbocycles. The predicted octanol–water partition coefficient (Wildman–Crippen LogP) is 2.00. The number of fused-ring (bicyclic) bond motifs is 1. The first kappa shape index (κ1) is 15.3. The Morgan fingerprint density at radius 1 is 1.27 bits per heavy atom. The van der Waals surface area contributed by atoms with Gasteiger partial charge < -0.3 is 5.32 Å². The average Bonchev–Trinajstić information content (AvgIpc) is 2.52. The molecule has 0 spiro atoms. The minimum atomic E-state index is -4.54. The molecule has 7 heteroatoms. The first-order chi connectivity index (χ1) is 10.5. The molecule has 0 amide bonds. The summed E-state index contributed by atoms with van der Waals surface area (Å²) in [7, 11) is -4.54. The molecular formula is C15H18FN3O2S. The first-order valence-corrected chi connectivity index (χ1v) is 8.63. The van der Waals surface area contributed by atoms with Gasteiger partial charge in [-0.15, -0.1) is 0 Å². The standard InChI is InChI=1S/C15H18FN3O2S/c16-22(20,21)19-8-5-14(6-9-19)18-11-12-3-4-15-13(10-12)2-1-7-17-15/h1-4,7,10,14,18H,5-6,8-9,11H2. The van der Waals surface area contributed by atoms with Crippen molar-refractivity contribution in [3.8, 4) is 0 Å². The van der Waals surface area contributed by atoms with Crippen molar-refractivity contribution in [3.05, 3.63) is 42.1 Å². The summed E-state index contributed by atoms with van der Waals surface area (Å²) >= 11 is 0. The molecule has 118 valence electrons. The van der Waals surface area contributed by atoms with Crippen LogP contribution in [0.3, 0.4) is 0 Å². The minimum Gasteiger partial charge on any atom is -0.310 e. The smallest absolute Gasteiger partial charge is 0.310 e. The molecule has 22 heavy (non-hydrogen) atoms. The SMILES string of the molecule is O=S(=O)(F)N1CCC(NCc2ccc3ncccc3c2)CC1. The zero-order valence-electron chi connectivity index (χ0n) is 12.1. The number of pyridine rings is 1. The molecule has 3 rings (SSSR count). The Hall–Kier alpha value is -1.57. The van der Waals surface area contributed by atoms with Crippen LogP contribution < -0.4 is 5.32 Å². The van der Waals surface area contributed by atoms with E-state index in [2.05, 4.69) is 16.4 Å². The van der Waals surface area contributed by atoms with E-state index in [1.807, 2.05) is 24.3 Å². The summed E-state index contributed by atoms with van der Waals surface area (Å²) in [6.07, 6.45) is 3.02. The van der Waals surface area contributed by atoms with Crippen LogP contribution in [0, 0.1) is 0 Å². The summed E-state index contributed by atoms with van der Waals surface area (Å²) in [6.45, 7) is 1.17. The van der Waals surface area contributed by atoms with E-state index in [0.29, 0.717) is 19.4 Å². The molecular weight excluding hydrogens is 305 g/mol. The van der Waals surface area contributed by atoms with Gasteiger partial charge in [-0.2, -0.15) is 12.7 Å². The number of benzene rings is 1. The van der Waals surface area contributed by atoms with Crippen LogP contribution in [-0.2, 0) is 17.0 Å². The van der Waals surface area contributed by atoms with Gasteiger partial charge >= 0.3 is 10.4 Å². The van der Waals surface area contributed by atoms with Crippen molar-refractivity contribution in [3.63, 3.8) is 0 Å². The summed E-state index contributed by atoms with van der Waals surface area (Å²) < 4.78 is 35.4. The van der Waals surface area contributed by atoms with E-state index >= 15 is 0 Å². The Bertz CT molecular complexity index is 758. The van der Waals surface area contributed by atoms with E-state index in [0.717, 1.165) is 20.8 Å². The average molecular weight is 323 g/mol. The Morgan fingerprint density at radius 3 is 2.77 bits per heavy atom. The van der Waals surface area contributed by atoms with Gasteiger partial charge in [0.2, 0.25) is 0 Å². The number of rotatable bonds is 4. The number of aromatic nitrogens is 1. The highest BCUT2D eigenvalue weighted by Gasteiger charge is 2.27. The molecule has 1 aromatic carbocycles. The van der Waals surface area contributed by atoms with Gasteiger partial charge in [0.15, 0.2) is 0 Å². The normalized spacial score (nSPS) is 17.9. The van der Waals surface area contributed by atoms with E-state index in [4.69, 9.17) is 0 Å². The Kier molecular flexibility index (Phi) is 4.37. The molecule has 1 saturated heterocycles. The second-order valence-corrected chi connectivity index (χ2v) is 6.87. The number of halogens is 1. The van der Waals surface area contributed by atoms with Crippen molar-refractivity contribution in [2.45, 2.75) is 25.4 Å². The van der Waals surface area contributed by atoms with Crippen LogP contribution in [-0.4, -0.2) is 36.8 Å². The lowest BCUT2D eigenvalue weighted by Gasteiger charge is -2.29. The van der Waals surface area contributed by atoms with Crippen LogP contribution in [0.5, 0.6) is 0 Å². The van der Waals surface area contributed by atoms with Gasteiger partial charge in [0, 0.05) is 37.3 Å². The quantitative estimate of drug-likeness (QED) is 0.874. The topological polar surface area (TPSA) is 62.3 Å². The molecule has 0 bridgehead atoms. The van der Waals surface area contributed by atoms with Crippen LogP contribution in [0.2, 0.25) is 0 Å². The van der Waals surface area contributed by atoms with E-state index < -0.39 is 10.4 Å². The lowest BCUT2D eigenvalue weighted by atomic mass is 10.1. The van der Waals surface area contributed by atoms with Crippen molar-refractivity contribution in [2.24, 2.45) is 0 Å². The van der Waals surface area contributed by atoms with Crippen LogP contribution in [0.15, 0.2) is 36.5 Å². The van der Waals surface area contributed by atoms with Gasteiger partial charge in [0.25, 0.3) is 0 Å². The van der Waals surface area contributed by atoms with Crippen LogP contribution in [0.1, 0.15) is 18.4 Å². The molecule has 2 aromatic rings. The van der Waals surface area contributed by atoms with Gasteiger partial charge in [0.1, 0.15) is 0 Å². The van der Waals surface area contributed by atoms with Crippen LogP contribution in [0.25, 0.3) is 10.9 Å². The second kappa shape index (κ2) is 6.28. The molecule has 0 aliphatic carbocycles. The van der Waals surface area contributed by atoms with Crippen molar-refractivity contribution >= 4 is 21.3 Å². The summed E-state index contributed by atoms with van der Waals surface area (Å²) in [6, 6.07) is 10.3. The van der Waals surface area contributed by atoms with Gasteiger partial charge in [-0.3, -0.25) is 4.98 Å². The largest absolute Gasteiger partial charge is 0.374 e. The molecule has 2 heterocycles. The highest BCUT2D eigenvalue weighted by Crippen LogP contribution is 2.17. The monoisotopic (exact) mass is 323 g/mol. The predicted molar refractivity (Wildman–Crippen MR) is 83.2 cm³/mol. The fourth-order valence-electron chi connectivity index (χ4n) is 2.78. The summed E-state index contributed by atoms with van der Waals surface area (Å²) in [4.78, 5) is 4.29. The van der Waals surface area contributed by atoms with Crippen molar-refractivity contribution in [1.82, 2.24) is 14.6 Å². The number of hydrogen-bond donors (Lipinski definition) is 1. The highest BCUT2D eigenvalue weighted by atomic mass is 32.3. The molecule has 0 atom stereocenters. The first-order valence-electron chi connectivity index (χ1n) is 7.29. The molecule has 1 aliphatic heterocycles. The molecule has 1 aromatic heterocycles. The maximum absolute atomic E-state index is 12.9. The second-order valence-electron chi connectivity index (χ2n) is 5.53. The number of nitrogens with zero attached hydrogens (tertiary/aromatic N) is 2. The van der Waals surface area contributed by atoms with Crippen molar-refractivity contribution in [1.29, 1.82) is 0 Å². The summed E-state index contributed by atoms with van der Waals surface area (Å²) in [5, 5.41) is 4.51. The van der Waals surface area contributed by atoms with E-state index in [1.165, 1.54) is 0 Å². The minimum absolute atomic E-state index is 0.211. The fourth-order valence-corrected chi connectivity index (χ4v) is 3.42. The van der Waals surface area contributed by atoms with Gasteiger partial charge in [0.05, 0.1) is 5.52 Å². The fraction of sp³-hybridized carbons (Fsp3) is 0.400. The van der Waals surface area contributed by atoms with E-state index in [-0.39, 0.29) is 19.1 Å². The lowest BCUT2D eigenvalue weighted by Crippen LogP contribution is -2.43. The maximum atomic E-state index is 12.9. The third-order valence-electron chi connectivity index (χ3n) is 4.02. The maximum Gasteiger partial charge on any atom is 0.374 e. The molecule has 1 fully saturated rings. The lowest BCUT2D eigenvalue weighted by molar-refractivity contribution is 0.279. The number of piperidine rings is 1. The zero-order chi connectivity index (χ0) is 15.6. The van der Waals surface area contributed by atoms with E-state index in [1.54, 1.807) is 6.20 Å². The van der Waals surface area contributed by atoms with Gasteiger partial charge in [-0.1, -0.05) is 16.0 Å². The Balaban J connectivity index is 1.56. The van der Waals surface area contributed by atoms with Gasteiger partial charge in [-0.05, 0) is 36.6 Å². The van der Waals surface area contributed by atoms with Crippen molar-refractivity contribution < 1.29 is 12.3 Å². The molecule has 0 unspecified atom stereocenters. The third kappa shape index (κ3) is 3.60. The highest BCUT2D eigenvalue weighted by molar-refractivity contribution is 7.83. The molecule has 0 radical (unpaired) electrons. The Morgan fingerprint density at radius 2 is 2.05 bits per heavy atom. The molecule has 5 nitrogen and oxygen atoms in total. The van der Waals surface area contributed by atoms with Crippen LogP contribution >= 0.6 is 0 Å². The summed E-state index contributed by atoms with van der Waals surface area (Å²) in [5.41, 5.74) is 2.12. The van der Waals surface area contributed by atoms with E-state index in [9.17, 15) is 12.3 Å². The molecule has 1 aliphatic rings. The zero-order valence-corrected chi connectivity index (χ0v) is 12.9. The number of hydrogen-bond acceptors (Lipinski definition) is 4. The Labute approximate surface area is 129 Å². The van der Waals surface area contributed by atoms with Crippen molar-refractivity contribution in [2.75, 3.05) is 13.1 Å². The van der Waals surface area contributed by atoms with Gasteiger partial charge in [-0.25, -0.2) is 0 Å². The summed E-state index contributed by atoms with van der Waals surface area (Å²) in [5.74, 6) is 0. The molecule has 1 N–H and O–H groups in total. The van der Waals surface area contributed by atoms with Crippen LogP contribution in [0.4, 0.5) is 3.89 Å². The third-order valence-corrected chi connectivity index (χ3v) is 5.01. The number of nitrogens with one attached hydrogen (secondary N) is 1.